The van der Waals surface area contributed by atoms with Crippen molar-refractivity contribution in [3.05, 3.63) is 42.1 Å². The van der Waals surface area contributed by atoms with Crippen LogP contribution in [-0.2, 0) is 0 Å². The Morgan fingerprint density at radius 2 is 1.74 bits per heavy atom. The molecule has 4 heterocycles. The van der Waals surface area contributed by atoms with E-state index in [1.54, 1.807) is 6.07 Å². The fourth-order valence-corrected chi connectivity index (χ4v) is 5.54. The smallest absolute Gasteiger partial charge is 0.233 e. The molecule has 2 fully saturated rings. The van der Waals surface area contributed by atoms with Gasteiger partial charge in [0.15, 0.2) is 11.6 Å². The Kier molecular flexibility index (Phi) is 5.79. The third-order valence-electron chi connectivity index (χ3n) is 6.94. The lowest BCUT2D eigenvalue weighted by atomic mass is 9.70. The maximum atomic E-state index is 15.1. The van der Waals surface area contributed by atoms with Crippen LogP contribution in [0.3, 0.4) is 0 Å². The fourth-order valence-electron chi connectivity index (χ4n) is 5.54. The molecule has 8 nitrogen and oxygen atoms in total. The molecule has 35 heavy (non-hydrogen) atoms. The molecule has 2 aliphatic heterocycles. The molecule has 0 spiro atoms. The highest BCUT2D eigenvalue weighted by Crippen LogP contribution is 2.41. The van der Waals surface area contributed by atoms with Crippen molar-refractivity contribution in [1.82, 2.24) is 25.7 Å². The zero-order valence-electron chi connectivity index (χ0n) is 19.8. The summed E-state index contributed by atoms with van der Waals surface area (Å²) in [7, 11) is 1.38. The molecular formula is C25H27F2N5O3. The highest BCUT2D eigenvalue weighted by molar-refractivity contribution is 5.75. The maximum Gasteiger partial charge on any atom is 0.233 e. The van der Waals surface area contributed by atoms with E-state index in [1.165, 1.54) is 31.9 Å². The number of nitrogens with zero attached hydrogens (tertiary/aromatic N) is 4. The average molecular weight is 484 g/mol. The number of aromatic nitrogens is 4. The number of fused-ring (bicyclic) bond motifs is 2. The first-order valence-corrected chi connectivity index (χ1v) is 11.6. The van der Waals surface area contributed by atoms with Gasteiger partial charge in [0.2, 0.25) is 11.8 Å². The van der Waals surface area contributed by atoms with Gasteiger partial charge in [-0.15, -0.1) is 15.3 Å². The van der Waals surface area contributed by atoms with Gasteiger partial charge in [0.05, 0.1) is 18.9 Å². The largest absolute Gasteiger partial charge is 0.507 e. The highest BCUT2D eigenvalue weighted by Gasteiger charge is 2.46. The number of aromatic hydroxyl groups is 1. The minimum absolute atomic E-state index is 0.00987. The molecule has 1 aromatic carbocycles. The van der Waals surface area contributed by atoms with E-state index < -0.39 is 17.4 Å². The van der Waals surface area contributed by atoms with Gasteiger partial charge in [0.25, 0.3) is 0 Å². The molecule has 3 atom stereocenters. The standard InChI is InChI=1S/C25H27F2N5O3/c1-24-7-4-8-25(2,32-24)12-15(11-24)35-19-6-5-17(29-31-19)21-18(33)10-16(22(26)23(21)27)14-9-20(34-3)30-28-13-14/h5-6,9-10,13,15,32-33H,4,7-8,11-12H2,1-3H3/t15-,24+,25-. The molecule has 184 valence electrons. The van der Waals surface area contributed by atoms with Gasteiger partial charge in [-0.05, 0) is 45.2 Å². The van der Waals surface area contributed by atoms with Crippen LogP contribution in [0.1, 0.15) is 46.0 Å². The van der Waals surface area contributed by atoms with Crippen LogP contribution in [0.4, 0.5) is 8.78 Å². The molecule has 0 radical (unpaired) electrons. The number of benzene rings is 1. The van der Waals surface area contributed by atoms with Crippen molar-refractivity contribution in [2.45, 2.75) is 63.1 Å². The van der Waals surface area contributed by atoms with Crippen molar-refractivity contribution in [3.63, 3.8) is 0 Å². The molecule has 3 aromatic rings. The fraction of sp³-hybridized carbons (Fsp3) is 0.440. The molecule has 0 unspecified atom stereocenters. The third-order valence-corrected chi connectivity index (χ3v) is 6.94. The monoisotopic (exact) mass is 483 g/mol. The highest BCUT2D eigenvalue weighted by atomic mass is 19.2. The zero-order valence-corrected chi connectivity index (χ0v) is 19.8. The number of phenols is 1. The Balaban J connectivity index is 1.39. The first kappa shape index (κ1) is 23.3. The van der Waals surface area contributed by atoms with Gasteiger partial charge < -0.3 is 19.9 Å². The van der Waals surface area contributed by atoms with Crippen LogP contribution in [0, 0.1) is 11.6 Å². The van der Waals surface area contributed by atoms with Crippen LogP contribution < -0.4 is 14.8 Å². The van der Waals surface area contributed by atoms with Crippen LogP contribution >= 0.6 is 0 Å². The normalized spacial score (nSPS) is 25.8. The minimum atomic E-state index is -1.24. The number of methoxy groups -OCH3 is 1. The Morgan fingerprint density at radius 3 is 2.40 bits per heavy atom. The van der Waals surface area contributed by atoms with Gasteiger partial charge in [0, 0.05) is 47.2 Å². The Labute approximate surface area is 201 Å². The van der Waals surface area contributed by atoms with Crippen LogP contribution in [0.25, 0.3) is 22.4 Å². The summed E-state index contributed by atoms with van der Waals surface area (Å²) in [4.78, 5) is 0. The zero-order chi connectivity index (χ0) is 24.8. The van der Waals surface area contributed by atoms with Gasteiger partial charge in [-0.1, -0.05) is 0 Å². The van der Waals surface area contributed by atoms with Gasteiger partial charge in [-0.2, -0.15) is 5.10 Å². The van der Waals surface area contributed by atoms with Crippen molar-refractivity contribution in [1.29, 1.82) is 0 Å². The predicted octanol–water partition coefficient (Wildman–Crippen LogP) is 4.43. The SMILES string of the molecule is COc1cc(-c2cc(O)c(-c3ccc(O[C@@H]4C[C@]5(C)CCC[C@](C)(C4)N5)nn3)c(F)c2F)cnn1. The number of hydrogen-bond donors (Lipinski definition) is 2. The van der Waals surface area contributed by atoms with Crippen LogP contribution in [0.15, 0.2) is 30.5 Å². The van der Waals surface area contributed by atoms with Gasteiger partial charge in [-0.25, -0.2) is 8.78 Å². The number of halogens is 2. The van der Waals surface area contributed by atoms with E-state index >= 15 is 4.39 Å². The molecule has 2 aromatic heterocycles. The Hall–Kier alpha value is -3.40. The second-order valence-electron chi connectivity index (χ2n) is 9.94. The molecule has 2 bridgehead atoms. The van der Waals surface area contributed by atoms with Crippen molar-refractivity contribution >= 4 is 0 Å². The number of rotatable bonds is 5. The molecular weight excluding hydrogens is 456 g/mol. The summed E-state index contributed by atoms with van der Waals surface area (Å²) in [5.74, 6) is -2.45. The summed E-state index contributed by atoms with van der Waals surface area (Å²) in [5.41, 5.74) is -0.320. The molecule has 0 aliphatic carbocycles. The van der Waals surface area contributed by atoms with E-state index in [2.05, 4.69) is 39.6 Å². The summed E-state index contributed by atoms with van der Waals surface area (Å²) in [6, 6.07) is 5.53. The first-order valence-electron chi connectivity index (χ1n) is 11.6. The Bertz CT molecular complexity index is 1240. The molecule has 5 rings (SSSR count). The lowest BCUT2D eigenvalue weighted by Crippen LogP contribution is -2.65. The van der Waals surface area contributed by atoms with Crippen molar-refractivity contribution in [2.75, 3.05) is 7.11 Å². The van der Waals surface area contributed by atoms with Crippen LogP contribution in [0.2, 0.25) is 0 Å². The topological polar surface area (TPSA) is 102 Å². The minimum Gasteiger partial charge on any atom is -0.507 e. The summed E-state index contributed by atoms with van der Waals surface area (Å²) in [6.45, 7) is 4.44. The lowest BCUT2D eigenvalue weighted by Gasteiger charge is -2.53. The number of phenolic OH excluding ortho intramolecular Hbond substituents is 1. The van der Waals surface area contributed by atoms with E-state index in [9.17, 15) is 9.50 Å². The summed E-state index contributed by atoms with van der Waals surface area (Å²) < 4.78 is 41.1. The molecule has 2 saturated heterocycles. The van der Waals surface area contributed by atoms with Crippen LogP contribution in [-0.4, -0.2) is 49.8 Å². The van der Waals surface area contributed by atoms with Crippen molar-refractivity contribution in [2.24, 2.45) is 0 Å². The second kappa shape index (κ2) is 8.67. The maximum absolute atomic E-state index is 15.1. The van der Waals surface area contributed by atoms with Crippen molar-refractivity contribution < 1.29 is 23.4 Å². The molecule has 10 heteroatoms. The van der Waals surface area contributed by atoms with Crippen molar-refractivity contribution in [3.8, 4) is 39.9 Å². The van der Waals surface area contributed by atoms with Crippen LogP contribution in [0.5, 0.6) is 17.5 Å². The number of piperidine rings is 2. The summed E-state index contributed by atoms with van der Waals surface area (Å²) >= 11 is 0. The number of hydrogen-bond acceptors (Lipinski definition) is 8. The molecule has 2 N–H and O–H groups in total. The van der Waals surface area contributed by atoms with Gasteiger partial charge in [0.1, 0.15) is 17.5 Å². The van der Waals surface area contributed by atoms with Gasteiger partial charge >= 0.3 is 0 Å². The van der Waals surface area contributed by atoms with E-state index in [0.29, 0.717) is 5.88 Å². The number of nitrogens with one attached hydrogen (secondary N) is 1. The van der Waals surface area contributed by atoms with Gasteiger partial charge in [-0.3, -0.25) is 0 Å². The number of ether oxygens (including phenoxy) is 2. The summed E-state index contributed by atoms with van der Waals surface area (Å²) in [5, 5.41) is 29.8. The van der Waals surface area contributed by atoms with E-state index in [-0.39, 0.29) is 45.4 Å². The first-order chi connectivity index (χ1) is 16.7. The van der Waals surface area contributed by atoms with E-state index in [1.807, 2.05) is 0 Å². The average Bonchev–Trinajstić information content (AvgIpc) is 2.81. The Morgan fingerprint density at radius 1 is 1.00 bits per heavy atom. The van der Waals surface area contributed by atoms with E-state index in [4.69, 9.17) is 9.47 Å². The second-order valence-corrected chi connectivity index (χ2v) is 9.94. The third kappa shape index (κ3) is 4.50. The molecule has 2 aliphatic rings. The predicted molar refractivity (Wildman–Crippen MR) is 124 cm³/mol. The van der Waals surface area contributed by atoms with E-state index in [0.717, 1.165) is 31.7 Å². The quantitative estimate of drug-likeness (QED) is 0.550. The molecule has 0 amide bonds. The lowest BCUT2D eigenvalue weighted by molar-refractivity contribution is 0.00726. The molecule has 0 saturated carbocycles. The summed E-state index contributed by atoms with van der Waals surface area (Å²) in [6.07, 6.45) is 6.30.